The van der Waals surface area contributed by atoms with Gasteiger partial charge in [-0.2, -0.15) is 0 Å². The largest absolute Gasteiger partial charge is 0.494 e. The molecule has 3 heterocycles. The number of nitrogens with one attached hydrogen (secondary N) is 1. The first-order valence-corrected chi connectivity index (χ1v) is 14.6. The summed E-state index contributed by atoms with van der Waals surface area (Å²) in [5.74, 6) is 1.12. The third kappa shape index (κ3) is 6.83. The SMILES string of the molecule is COc1cccc(OC)c1-n1c(NS(=O)(=O)[C@@H](C)[C@@H](OCC(C)(C)O)c2ncc(C)cn2)nnc1-c1cncc(C)c1. The molecule has 0 unspecified atom stereocenters. The number of ether oxygens (including phenoxy) is 3. The van der Waals surface area contributed by atoms with Gasteiger partial charge in [-0.3, -0.25) is 14.3 Å². The molecule has 3 aromatic heterocycles. The van der Waals surface area contributed by atoms with Crippen molar-refractivity contribution in [1.82, 2.24) is 29.7 Å². The van der Waals surface area contributed by atoms with E-state index in [-0.39, 0.29) is 18.4 Å². The van der Waals surface area contributed by atoms with Crippen LogP contribution in [0.25, 0.3) is 17.1 Å². The van der Waals surface area contributed by atoms with Crippen molar-refractivity contribution in [2.24, 2.45) is 0 Å². The number of aryl methyl sites for hydroxylation is 2. The summed E-state index contributed by atoms with van der Waals surface area (Å²) < 4.78 is 49.1. The molecule has 0 aliphatic carbocycles. The fourth-order valence-electron chi connectivity index (χ4n) is 4.12. The van der Waals surface area contributed by atoms with Crippen molar-refractivity contribution >= 4 is 16.0 Å². The predicted octanol–water partition coefficient (Wildman–Crippen LogP) is 3.41. The number of para-hydroxylation sites is 1. The standard InChI is InChI=1S/C28H35N7O6S/c1-17-11-20(15-29-12-17)26-32-33-27(35(26)23-21(39-6)9-8-10-22(23)40-7)34-42(37,38)19(3)24(41-16-28(4,5)36)25-30-13-18(2)14-31-25/h8-15,19,24,36H,16H2,1-7H3,(H,33,34)/t19-,24+/m0/s1. The maximum absolute atomic E-state index is 13.9. The van der Waals surface area contributed by atoms with Crippen LogP contribution in [0.1, 0.15) is 43.8 Å². The molecular formula is C28H35N7O6S. The second kappa shape index (κ2) is 12.4. The first-order chi connectivity index (χ1) is 19.8. The Morgan fingerprint density at radius 3 is 2.21 bits per heavy atom. The quantitative estimate of drug-likeness (QED) is 0.246. The van der Waals surface area contributed by atoms with E-state index in [1.54, 1.807) is 56.8 Å². The Morgan fingerprint density at radius 2 is 1.64 bits per heavy atom. The molecule has 0 amide bonds. The van der Waals surface area contributed by atoms with Crippen molar-refractivity contribution < 1.29 is 27.7 Å². The lowest BCUT2D eigenvalue weighted by atomic mass is 10.1. The Bertz CT molecular complexity index is 1610. The second-order valence-electron chi connectivity index (χ2n) is 10.5. The zero-order valence-corrected chi connectivity index (χ0v) is 25.4. The van der Waals surface area contributed by atoms with Gasteiger partial charge in [-0.25, -0.2) is 18.4 Å². The van der Waals surface area contributed by atoms with E-state index in [1.165, 1.54) is 25.7 Å². The van der Waals surface area contributed by atoms with Crippen LogP contribution >= 0.6 is 0 Å². The summed E-state index contributed by atoms with van der Waals surface area (Å²) in [5.41, 5.74) is 1.41. The van der Waals surface area contributed by atoms with E-state index in [2.05, 4.69) is 29.9 Å². The van der Waals surface area contributed by atoms with Crippen LogP contribution in [0.3, 0.4) is 0 Å². The highest BCUT2D eigenvalue weighted by Gasteiger charge is 2.36. The van der Waals surface area contributed by atoms with Crippen molar-refractivity contribution in [2.75, 3.05) is 25.5 Å². The molecule has 0 aliphatic heterocycles. The monoisotopic (exact) mass is 597 g/mol. The van der Waals surface area contributed by atoms with Crippen LogP contribution in [0.2, 0.25) is 0 Å². The fourth-order valence-corrected chi connectivity index (χ4v) is 5.22. The van der Waals surface area contributed by atoms with E-state index >= 15 is 0 Å². The minimum absolute atomic E-state index is 0.118. The van der Waals surface area contributed by atoms with Crippen LogP contribution in [-0.2, 0) is 14.8 Å². The van der Waals surface area contributed by atoms with Gasteiger partial charge in [0.15, 0.2) is 11.6 Å². The number of pyridine rings is 1. The lowest BCUT2D eigenvalue weighted by molar-refractivity contribution is -0.0564. The molecule has 0 aliphatic rings. The highest BCUT2D eigenvalue weighted by molar-refractivity contribution is 7.93. The van der Waals surface area contributed by atoms with Gasteiger partial charge < -0.3 is 19.3 Å². The number of aromatic nitrogens is 6. The Labute approximate surface area is 245 Å². The van der Waals surface area contributed by atoms with Gasteiger partial charge in [-0.15, -0.1) is 10.2 Å². The Kier molecular flexibility index (Phi) is 9.09. The molecule has 0 radical (unpaired) electrons. The van der Waals surface area contributed by atoms with Crippen LogP contribution < -0.4 is 14.2 Å². The lowest BCUT2D eigenvalue weighted by Crippen LogP contribution is -2.36. The number of methoxy groups -OCH3 is 2. The smallest absolute Gasteiger partial charge is 0.243 e. The summed E-state index contributed by atoms with van der Waals surface area (Å²) in [5, 5.41) is 17.6. The maximum atomic E-state index is 13.9. The number of aliphatic hydroxyl groups is 1. The molecule has 0 saturated carbocycles. The van der Waals surface area contributed by atoms with E-state index in [9.17, 15) is 13.5 Å². The molecule has 2 N–H and O–H groups in total. The molecule has 0 spiro atoms. The summed E-state index contributed by atoms with van der Waals surface area (Å²) in [6.07, 6.45) is 5.32. The number of benzene rings is 1. The highest BCUT2D eigenvalue weighted by Crippen LogP contribution is 2.38. The summed E-state index contributed by atoms with van der Waals surface area (Å²) in [7, 11) is -1.25. The van der Waals surface area contributed by atoms with Crippen molar-refractivity contribution in [3.05, 3.63) is 66.0 Å². The van der Waals surface area contributed by atoms with Crippen LogP contribution in [-0.4, -0.2) is 74.9 Å². The van der Waals surface area contributed by atoms with Gasteiger partial charge in [0, 0.05) is 30.4 Å². The van der Waals surface area contributed by atoms with E-state index in [0.29, 0.717) is 28.6 Å². The van der Waals surface area contributed by atoms with Gasteiger partial charge in [0.05, 0.1) is 26.4 Å². The first-order valence-electron chi connectivity index (χ1n) is 13.1. The fraction of sp³-hybridized carbons (Fsp3) is 0.393. The van der Waals surface area contributed by atoms with Crippen LogP contribution in [0.4, 0.5) is 5.95 Å². The zero-order valence-electron chi connectivity index (χ0n) is 24.6. The lowest BCUT2D eigenvalue weighted by Gasteiger charge is -2.27. The molecule has 0 bridgehead atoms. The van der Waals surface area contributed by atoms with Gasteiger partial charge in [-0.1, -0.05) is 6.07 Å². The Morgan fingerprint density at radius 1 is 1.00 bits per heavy atom. The molecule has 0 fully saturated rings. The molecule has 4 aromatic rings. The summed E-state index contributed by atoms with van der Waals surface area (Å²) in [6.45, 7) is 8.13. The van der Waals surface area contributed by atoms with Gasteiger partial charge in [0.2, 0.25) is 16.0 Å². The third-order valence-electron chi connectivity index (χ3n) is 6.24. The van der Waals surface area contributed by atoms with E-state index in [0.717, 1.165) is 11.1 Å². The van der Waals surface area contributed by atoms with Crippen LogP contribution in [0, 0.1) is 13.8 Å². The number of hydrogen-bond acceptors (Lipinski definition) is 11. The van der Waals surface area contributed by atoms with Gasteiger partial charge in [-0.05, 0) is 63.9 Å². The van der Waals surface area contributed by atoms with Crippen molar-refractivity contribution in [3.63, 3.8) is 0 Å². The van der Waals surface area contributed by atoms with Crippen molar-refractivity contribution in [3.8, 4) is 28.6 Å². The summed E-state index contributed by atoms with van der Waals surface area (Å²) in [6, 6.07) is 7.03. The Hall–Kier alpha value is -4.14. The molecule has 13 nitrogen and oxygen atoms in total. The first kappa shape index (κ1) is 30.8. The van der Waals surface area contributed by atoms with E-state index in [1.807, 2.05) is 19.9 Å². The van der Waals surface area contributed by atoms with Gasteiger partial charge >= 0.3 is 0 Å². The van der Waals surface area contributed by atoms with E-state index < -0.39 is 27.0 Å². The van der Waals surface area contributed by atoms with Gasteiger partial charge in [0.25, 0.3) is 0 Å². The van der Waals surface area contributed by atoms with Gasteiger partial charge in [0.1, 0.15) is 28.5 Å². The molecule has 1 aromatic carbocycles. The number of anilines is 1. The highest BCUT2D eigenvalue weighted by atomic mass is 32.2. The predicted molar refractivity (Wildman–Crippen MR) is 156 cm³/mol. The number of nitrogens with zero attached hydrogens (tertiary/aromatic N) is 6. The minimum atomic E-state index is -4.24. The number of rotatable bonds is 12. The average molecular weight is 598 g/mol. The molecule has 224 valence electrons. The average Bonchev–Trinajstić information content (AvgIpc) is 3.35. The zero-order chi connectivity index (χ0) is 30.7. The molecule has 14 heteroatoms. The molecule has 42 heavy (non-hydrogen) atoms. The van der Waals surface area contributed by atoms with Crippen LogP contribution in [0.5, 0.6) is 11.5 Å². The van der Waals surface area contributed by atoms with Crippen LogP contribution in [0.15, 0.2) is 49.1 Å². The maximum Gasteiger partial charge on any atom is 0.243 e. The van der Waals surface area contributed by atoms with Crippen molar-refractivity contribution in [2.45, 2.75) is 51.6 Å². The summed E-state index contributed by atoms with van der Waals surface area (Å²) >= 11 is 0. The third-order valence-corrected chi connectivity index (χ3v) is 7.94. The molecular weight excluding hydrogens is 562 g/mol. The molecule has 0 saturated heterocycles. The summed E-state index contributed by atoms with van der Waals surface area (Å²) in [4.78, 5) is 12.9. The molecule has 4 rings (SSSR count). The minimum Gasteiger partial charge on any atom is -0.494 e. The second-order valence-corrected chi connectivity index (χ2v) is 12.5. The topological polar surface area (TPSA) is 163 Å². The van der Waals surface area contributed by atoms with Crippen molar-refractivity contribution in [1.29, 1.82) is 0 Å². The normalized spacial score (nSPS) is 13.4. The number of sulfonamides is 1. The number of hydrogen-bond donors (Lipinski definition) is 2. The Balaban J connectivity index is 1.83. The molecule has 2 atom stereocenters. The van der Waals surface area contributed by atoms with E-state index in [4.69, 9.17) is 14.2 Å².